The van der Waals surface area contributed by atoms with Crippen LogP contribution in [-0.4, -0.2) is 33.1 Å². The van der Waals surface area contributed by atoms with Crippen molar-refractivity contribution in [2.45, 2.75) is 6.92 Å². The lowest BCUT2D eigenvalue weighted by molar-refractivity contribution is 0.0696. The first kappa shape index (κ1) is 13.3. The molecule has 0 amide bonds. The van der Waals surface area contributed by atoms with Crippen LogP contribution in [0.15, 0.2) is 18.7 Å². The molecule has 0 saturated heterocycles. The second-order valence-electron chi connectivity index (χ2n) is 2.10. The highest BCUT2D eigenvalue weighted by Crippen LogP contribution is 1.89. The Morgan fingerprint density at radius 2 is 2.00 bits per heavy atom. The van der Waals surface area contributed by atoms with Gasteiger partial charge in [0, 0.05) is 24.0 Å². The van der Waals surface area contributed by atoms with Crippen LogP contribution in [0, 0.1) is 0 Å². The van der Waals surface area contributed by atoms with Gasteiger partial charge in [-0.05, 0) is 6.92 Å². The summed E-state index contributed by atoms with van der Waals surface area (Å²) in [6.45, 7) is 2.04. The second kappa shape index (κ2) is 7.69. The lowest BCUT2D eigenvalue weighted by atomic mass is 10.4. The fourth-order valence-electron chi connectivity index (χ4n) is 0.523. The van der Waals surface area contributed by atoms with Gasteiger partial charge in [0.15, 0.2) is 0 Å². The zero-order valence-electron chi connectivity index (χ0n) is 7.88. The number of carbonyl (C=O) groups excluding carboxylic acids is 1. The van der Waals surface area contributed by atoms with E-state index in [1.54, 1.807) is 6.92 Å². The molecule has 0 saturated carbocycles. The number of nitrogens with zero attached hydrogens (tertiary/aromatic N) is 2. The van der Waals surface area contributed by atoms with Crippen LogP contribution in [0.3, 0.4) is 0 Å². The van der Waals surface area contributed by atoms with Gasteiger partial charge in [0.2, 0.25) is 0 Å². The first-order valence-electron chi connectivity index (χ1n) is 3.88. The van der Waals surface area contributed by atoms with Crippen LogP contribution in [-0.2, 0) is 4.74 Å². The first-order chi connectivity index (χ1) is 7.07. The molecule has 1 N–H and O–H groups in total. The highest BCUT2D eigenvalue weighted by atomic mass is 35.5. The van der Waals surface area contributed by atoms with Crippen LogP contribution in [0.5, 0.6) is 0 Å². The molecule has 0 unspecified atom stereocenters. The van der Waals surface area contributed by atoms with Crippen molar-refractivity contribution in [2.24, 2.45) is 0 Å². The van der Waals surface area contributed by atoms with Crippen molar-refractivity contribution in [1.29, 1.82) is 0 Å². The van der Waals surface area contributed by atoms with Crippen molar-refractivity contribution in [3.8, 4) is 0 Å². The van der Waals surface area contributed by atoms with E-state index in [4.69, 9.17) is 16.7 Å². The number of hydrogen-bond acceptors (Lipinski definition) is 5. The summed E-state index contributed by atoms with van der Waals surface area (Å²) in [5.41, 5.74) is -0.630. The Morgan fingerprint density at radius 1 is 1.47 bits per heavy atom. The number of carboxylic acid groups (broad SMARTS) is 1. The SMILES string of the molecule is CCOC(=O)Cl.O=C(O)c1cncnc1. The van der Waals surface area contributed by atoms with Crippen molar-refractivity contribution in [2.75, 3.05) is 6.61 Å². The summed E-state index contributed by atoms with van der Waals surface area (Å²) >= 11 is 4.72. The molecule has 0 fully saturated rings. The third-order valence-electron chi connectivity index (χ3n) is 1.07. The molecular weight excluding hydrogens is 224 g/mol. The highest BCUT2D eigenvalue weighted by molar-refractivity contribution is 6.61. The molecule has 7 heteroatoms. The van der Waals surface area contributed by atoms with Gasteiger partial charge in [0.05, 0.1) is 12.2 Å². The van der Waals surface area contributed by atoms with Gasteiger partial charge in [-0.2, -0.15) is 0 Å². The predicted molar refractivity (Wildman–Crippen MR) is 51.9 cm³/mol. The van der Waals surface area contributed by atoms with Crippen LogP contribution in [0.2, 0.25) is 0 Å². The van der Waals surface area contributed by atoms with Crippen molar-refractivity contribution < 1.29 is 19.4 Å². The van der Waals surface area contributed by atoms with Gasteiger partial charge in [-0.3, -0.25) is 0 Å². The van der Waals surface area contributed by atoms with Crippen molar-refractivity contribution in [1.82, 2.24) is 9.97 Å². The van der Waals surface area contributed by atoms with E-state index in [1.807, 2.05) is 0 Å². The molecular formula is C8H9ClN2O4. The van der Waals surface area contributed by atoms with Gasteiger partial charge in [-0.15, -0.1) is 0 Å². The smallest absolute Gasteiger partial charge is 0.403 e. The van der Waals surface area contributed by atoms with E-state index in [2.05, 4.69) is 14.7 Å². The Kier molecular flexibility index (Phi) is 6.82. The summed E-state index contributed by atoms with van der Waals surface area (Å²) in [7, 11) is 0. The number of carbonyl (C=O) groups is 2. The van der Waals surface area contributed by atoms with Crippen LogP contribution in [0.1, 0.15) is 17.3 Å². The summed E-state index contributed by atoms with van der Waals surface area (Å²) in [6, 6.07) is 0. The van der Waals surface area contributed by atoms with E-state index in [-0.39, 0.29) is 5.56 Å². The van der Waals surface area contributed by atoms with Gasteiger partial charge in [-0.1, -0.05) is 0 Å². The minimum atomic E-state index is -1.00. The predicted octanol–water partition coefficient (Wildman–Crippen LogP) is 1.56. The number of halogens is 1. The number of ether oxygens (including phenoxy) is 1. The van der Waals surface area contributed by atoms with Crippen molar-refractivity contribution in [3.05, 3.63) is 24.3 Å². The lowest BCUT2D eigenvalue weighted by Crippen LogP contribution is -1.96. The normalized spacial score (nSPS) is 8.40. The van der Waals surface area contributed by atoms with Crippen LogP contribution < -0.4 is 0 Å². The molecule has 0 aliphatic carbocycles. The third kappa shape index (κ3) is 7.39. The number of hydrogen-bond donors (Lipinski definition) is 1. The minimum Gasteiger partial charge on any atom is -0.478 e. The van der Waals surface area contributed by atoms with E-state index in [0.29, 0.717) is 6.61 Å². The largest absolute Gasteiger partial charge is 0.478 e. The zero-order chi connectivity index (χ0) is 11.7. The first-order valence-corrected chi connectivity index (χ1v) is 4.26. The average Bonchev–Trinajstić information content (AvgIpc) is 2.20. The van der Waals surface area contributed by atoms with E-state index < -0.39 is 11.4 Å². The lowest BCUT2D eigenvalue weighted by Gasteiger charge is -1.86. The summed E-state index contributed by atoms with van der Waals surface area (Å²) in [6.07, 6.45) is 3.77. The molecule has 1 rings (SSSR count). The average molecular weight is 233 g/mol. The van der Waals surface area contributed by atoms with E-state index in [1.165, 1.54) is 18.7 Å². The third-order valence-corrected chi connectivity index (χ3v) is 1.17. The van der Waals surface area contributed by atoms with Gasteiger partial charge in [0.25, 0.3) is 0 Å². The van der Waals surface area contributed by atoms with E-state index >= 15 is 0 Å². The monoisotopic (exact) mass is 232 g/mol. The Morgan fingerprint density at radius 3 is 2.20 bits per heavy atom. The molecule has 0 radical (unpaired) electrons. The number of rotatable bonds is 2. The minimum absolute atomic E-state index is 0.109. The number of carboxylic acids is 1. The molecule has 1 heterocycles. The summed E-state index contributed by atoms with van der Waals surface area (Å²) in [5, 5.41) is 8.30. The molecule has 0 aromatic carbocycles. The summed E-state index contributed by atoms with van der Waals surface area (Å²) in [4.78, 5) is 26.7. The summed E-state index contributed by atoms with van der Waals surface area (Å²) < 4.78 is 4.17. The van der Waals surface area contributed by atoms with Gasteiger partial charge in [-0.25, -0.2) is 19.6 Å². The number of aromatic carboxylic acids is 1. The van der Waals surface area contributed by atoms with E-state index in [9.17, 15) is 9.59 Å². The molecule has 15 heavy (non-hydrogen) atoms. The highest BCUT2D eigenvalue weighted by Gasteiger charge is 1.98. The number of aromatic nitrogens is 2. The maximum atomic E-state index is 10.1. The molecule has 0 aliphatic rings. The Hall–Kier alpha value is -1.69. The standard InChI is InChI=1S/C5H4N2O2.C3H5ClO2/c8-5(9)4-1-6-3-7-2-4;1-2-6-3(4)5/h1-3H,(H,8,9);2H2,1H3. The Balaban J connectivity index is 0.000000288. The maximum Gasteiger partial charge on any atom is 0.403 e. The molecule has 0 atom stereocenters. The molecule has 0 bridgehead atoms. The van der Waals surface area contributed by atoms with Crippen LogP contribution in [0.4, 0.5) is 4.79 Å². The summed E-state index contributed by atoms with van der Waals surface area (Å²) in [5.74, 6) is -1.00. The molecule has 6 nitrogen and oxygen atoms in total. The van der Waals surface area contributed by atoms with Crippen molar-refractivity contribution in [3.63, 3.8) is 0 Å². The van der Waals surface area contributed by atoms with Gasteiger partial charge < -0.3 is 9.84 Å². The van der Waals surface area contributed by atoms with Gasteiger partial charge in [0.1, 0.15) is 6.33 Å². The van der Waals surface area contributed by atoms with Crippen LogP contribution >= 0.6 is 11.6 Å². The van der Waals surface area contributed by atoms with Crippen molar-refractivity contribution >= 4 is 23.0 Å². The molecule has 1 aromatic heterocycles. The van der Waals surface area contributed by atoms with E-state index in [0.717, 1.165) is 0 Å². The Bertz CT molecular complexity index is 318. The van der Waals surface area contributed by atoms with Crippen LogP contribution in [0.25, 0.3) is 0 Å². The second-order valence-corrected chi connectivity index (χ2v) is 2.41. The van der Waals surface area contributed by atoms with Gasteiger partial charge >= 0.3 is 11.4 Å². The fourth-order valence-corrected chi connectivity index (χ4v) is 0.632. The maximum absolute atomic E-state index is 10.1. The molecule has 0 aliphatic heterocycles. The molecule has 0 spiro atoms. The fraction of sp³-hybridized carbons (Fsp3) is 0.250. The Labute approximate surface area is 90.9 Å². The molecule has 82 valence electrons. The zero-order valence-corrected chi connectivity index (χ0v) is 8.64. The topological polar surface area (TPSA) is 89.4 Å². The molecule has 1 aromatic rings. The quantitative estimate of drug-likeness (QED) is 0.779.